The first kappa shape index (κ1) is 30.7. The number of aliphatic hydroxyl groups is 1. The Morgan fingerprint density at radius 3 is 2.42 bits per heavy atom. The molecule has 2 saturated heterocycles. The molecule has 3 N–H and O–H groups in total. The van der Waals surface area contributed by atoms with E-state index >= 15 is 0 Å². The van der Waals surface area contributed by atoms with Crippen molar-refractivity contribution in [3.63, 3.8) is 0 Å². The molecule has 45 heavy (non-hydrogen) atoms. The van der Waals surface area contributed by atoms with Crippen LogP contribution in [0.4, 0.5) is 0 Å². The highest BCUT2D eigenvalue weighted by Gasteiger charge is 2.38. The summed E-state index contributed by atoms with van der Waals surface area (Å²) in [5.74, 6) is 0.207. The maximum absolute atomic E-state index is 13.4. The van der Waals surface area contributed by atoms with Gasteiger partial charge in [-0.2, -0.15) is 0 Å². The Morgan fingerprint density at radius 1 is 1.00 bits per heavy atom. The van der Waals surface area contributed by atoms with E-state index in [1.807, 2.05) is 35.9 Å². The number of nitrogens with zero attached hydrogens (tertiary/aromatic N) is 4. The normalized spacial score (nSPS) is 20.6. The van der Waals surface area contributed by atoms with E-state index in [0.29, 0.717) is 6.54 Å². The van der Waals surface area contributed by atoms with Crippen molar-refractivity contribution in [1.82, 2.24) is 25.1 Å². The van der Waals surface area contributed by atoms with Gasteiger partial charge in [0.2, 0.25) is 17.7 Å². The number of imidazole rings is 1. The summed E-state index contributed by atoms with van der Waals surface area (Å²) in [7, 11) is 0. The molecule has 6 rings (SSSR count). The predicted molar refractivity (Wildman–Crippen MR) is 173 cm³/mol. The predicted octanol–water partition coefficient (Wildman–Crippen LogP) is 4.31. The standard InChI is InChI=1S/C35H42N6O4/c1-21(2)33(39-32(44)20-42)35(45)41-15-4-6-30(41)29-17-24(19-36-29)16-23-8-10-25(11-9-23)26-12-13-27-28(18-26)38-34(37-27)31-7-5-14-40(31)22(3)43/h8-13,18-19,21,30-31,33,42H,4-7,14-17,20H2,1-3H3,(H,37,38)(H,39,44). The zero-order chi connectivity index (χ0) is 31.7. The first-order chi connectivity index (χ1) is 21.7. The van der Waals surface area contributed by atoms with Gasteiger partial charge in [0, 0.05) is 38.3 Å². The lowest BCUT2D eigenvalue weighted by molar-refractivity contribution is -0.138. The van der Waals surface area contributed by atoms with Crippen molar-refractivity contribution in [2.45, 2.75) is 77.4 Å². The van der Waals surface area contributed by atoms with Crippen molar-refractivity contribution < 1.29 is 19.5 Å². The number of aliphatic hydroxyl groups excluding tert-OH is 1. The van der Waals surface area contributed by atoms with Crippen molar-refractivity contribution in [3.05, 3.63) is 65.6 Å². The van der Waals surface area contributed by atoms with Gasteiger partial charge < -0.3 is 25.2 Å². The molecule has 3 amide bonds. The molecule has 0 saturated carbocycles. The number of aromatic amines is 1. The third-order valence-electron chi connectivity index (χ3n) is 9.33. The maximum atomic E-state index is 13.4. The van der Waals surface area contributed by atoms with E-state index < -0.39 is 18.6 Å². The lowest BCUT2D eigenvalue weighted by Crippen LogP contribution is -2.54. The lowest BCUT2D eigenvalue weighted by atomic mass is 9.96. The Bertz CT molecular complexity index is 1660. The zero-order valence-electron chi connectivity index (χ0n) is 26.3. The first-order valence-corrected chi connectivity index (χ1v) is 16.0. The van der Waals surface area contributed by atoms with E-state index in [2.05, 4.69) is 46.7 Å². The van der Waals surface area contributed by atoms with Crippen LogP contribution in [0.1, 0.15) is 70.3 Å². The molecule has 10 nitrogen and oxygen atoms in total. The molecule has 3 aromatic rings. The van der Waals surface area contributed by atoms with Crippen molar-refractivity contribution in [2.75, 3.05) is 19.7 Å². The maximum Gasteiger partial charge on any atom is 0.246 e. The number of fused-ring (bicyclic) bond motifs is 1. The summed E-state index contributed by atoms with van der Waals surface area (Å²) >= 11 is 0. The molecule has 2 fully saturated rings. The van der Waals surface area contributed by atoms with Gasteiger partial charge in [-0.3, -0.25) is 19.4 Å². The lowest BCUT2D eigenvalue weighted by Gasteiger charge is -2.31. The van der Waals surface area contributed by atoms with Crippen LogP contribution in [0.15, 0.2) is 59.2 Å². The summed E-state index contributed by atoms with van der Waals surface area (Å²) in [6, 6.07) is 14.1. The Balaban J connectivity index is 1.08. The Morgan fingerprint density at radius 2 is 1.71 bits per heavy atom. The van der Waals surface area contributed by atoms with E-state index in [1.54, 1.807) is 6.92 Å². The fourth-order valence-corrected chi connectivity index (χ4v) is 6.97. The van der Waals surface area contributed by atoms with Gasteiger partial charge in [-0.25, -0.2) is 4.98 Å². The summed E-state index contributed by atoms with van der Waals surface area (Å²) in [6.07, 6.45) is 7.13. The molecule has 2 aromatic carbocycles. The Hall–Kier alpha value is -4.31. The third kappa shape index (κ3) is 6.42. The molecule has 3 unspecified atom stereocenters. The van der Waals surface area contributed by atoms with Crippen LogP contribution in [0, 0.1) is 5.92 Å². The minimum absolute atomic E-state index is 0.0146. The molecule has 3 aliphatic heterocycles. The molecular formula is C35H42N6O4. The number of hydrogen-bond donors (Lipinski definition) is 3. The van der Waals surface area contributed by atoms with Crippen LogP contribution < -0.4 is 5.32 Å². The quantitative estimate of drug-likeness (QED) is 0.332. The van der Waals surface area contributed by atoms with Gasteiger partial charge in [0.15, 0.2) is 0 Å². The van der Waals surface area contributed by atoms with Crippen LogP contribution in [-0.4, -0.2) is 80.1 Å². The molecule has 0 spiro atoms. The van der Waals surface area contributed by atoms with E-state index in [4.69, 9.17) is 9.98 Å². The van der Waals surface area contributed by atoms with Crippen molar-refractivity contribution in [2.24, 2.45) is 10.9 Å². The summed E-state index contributed by atoms with van der Waals surface area (Å²) in [5.41, 5.74) is 7.50. The second kappa shape index (κ2) is 13.0. The number of hydrogen-bond acceptors (Lipinski definition) is 6. The fraction of sp³-hybridized carbons (Fsp3) is 0.457. The van der Waals surface area contributed by atoms with Gasteiger partial charge in [0.25, 0.3) is 0 Å². The fourth-order valence-electron chi connectivity index (χ4n) is 6.97. The molecule has 0 bridgehead atoms. The van der Waals surface area contributed by atoms with E-state index in [0.717, 1.165) is 78.8 Å². The van der Waals surface area contributed by atoms with Crippen LogP contribution in [-0.2, 0) is 20.8 Å². The summed E-state index contributed by atoms with van der Waals surface area (Å²) in [5, 5.41) is 11.9. The van der Waals surface area contributed by atoms with Crippen LogP contribution in [0.25, 0.3) is 22.2 Å². The average molecular weight is 611 g/mol. The monoisotopic (exact) mass is 610 g/mol. The minimum atomic E-state index is -0.668. The van der Waals surface area contributed by atoms with Gasteiger partial charge in [0.1, 0.15) is 18.5 Å². The van der Waals surface area contributed by atoms with Crippen LogP contribution in [0.2, 0.25) is 0 Å². The van der Waals surface area contributed by atoms with Gasteiger partial charge in [0.05, 0.1) is 23.1 Å². The van der Waals surface area contributed by atoms with E-state index in [9.17, 15) is 19.5 Å². The second-order valence-electron chi connectivity index (χ2n) is 12.8. The average Bonchev–Trinajstić information content (AvgIpc) is 3.85. The van der Waals surface area contributed by atoms with Crippen LogP contribution in [0.3, 0.4) is 0 Å². The molecule has 236 valence electrons. The van der Waals surface area contributed by atoms with Gasteiger partial charge in [-0.1, -0.05) is 44.2 Å². The number of likely N-dealkylation sites (tertiary alicyclic amines) is 2. The van der Waals surface area contributed by atoms with Gasteiger partial charge >= 0.3 is 0 Å². The second-order valence-corrected chi connectivity index (χ2v) is 12.8. The zero-order valence-corrected chi connectivity index (χ0v) is 26.3. The smallest absolute Gasteiger partial charge is 0.246 e. The molecule has 3 aliphatic rings. The number of rotatable bonds is 9. The number of carbonyl (C=O) groups excluding carboxylic acids is 3. The van der Waals surface area contributed by atoms with E-state index in [1.165, 1.54) is 11.1 Å². The molecule has 1 aromatic heterocycles. The van der Waals surface area contributed by atoms with Crippen LogP contribution in [0.5, 0.6) is 0 Å². The topological polar surface area (TPSA) is 131 Å². The van der Waals surface area contributed by atoms with Crippen molar-refractivity contribution in [3.8, 4) is 11.1 Å². The molecule has 0 aliphatic carbocycles. The highest BCUT2D eigenvalue weighted by atomic mass is 16.3. The molecule has 0 radical (unpaired) electrons. The summed E-state index contributed by atoms with van der Waals surface area (Å²) < 4.78 is 0. The number of allylic oxidation sites excluding steroid dienone is 1. The number of carbonyl (C=O) groups is 3. The third-order valence-corrected chi connectivity index (χ3v) is 9.33. The largest absolute Gasteiger partial charge is 0.387 e. The number of benzene rings is 2. The molecular weight excluding hydrogens is 568 g/mol. The van der Waals surface area contributed by atoms with Crippen LogP contribution >= 0.6 is 0 Å². The number of aliphatic imine (C=N–C) groups is 1. The SMILES string of the molecule is CC(=O)N1CCCC1c1nc2ccc(-c3ccc(CC4=CN=C(C5CCCN5C(=O)C(NC(=O)CO)C(C)C)C4)cc3)cc2[nH]1. The Labute approximate surface area is 263 Å². The molecule has 3 atom stereocenters. The minimum Gasteiger partial charge on any atom is -0.387 e. The summed E-state index contributed by atoms with van der Waals surface area (Å²) in [4.78, 5) is 54.1. The number of nitrogens with one attached hydrogen (secondary N) is 2. The Kier molecular flexibility index (Phi) is 8.85. The highest BCUT2D eigenvalue weighted by molar-refractivity contribution is 5.98. The number of H-pyrrole nitrogens is 1. The van der Waals surface area contributed by atoms with E-state index in [-0.39, 0.29) is 29.8 Å². The number of aromatic nitrogens is 2. The van der Waals surface area contributed by atoms with Gasteiger partial charge in [-0.15, -0.1) is 0 Å². The number of amides is 3. The van der Waals surface area contributed by atoms with Gasteiger partial charge in [-0.05, 0) is 72.4 Å². The summed E-state index contributed by atoms with van der Waals surface area (Å²) in [6.45, 7) is 6.21. The van der Waals surface area contributed by atoms with Crippen molar-refractivity contribution in [1.29, 1.82) is 0 Å². The first-order valence-electron chi connectivity index (χ1n) is 16.0. The van der Waals surface area contributed by atoms with Crippen molar-refractivity contribution >= 4 is 34.5 Å². The highest BCUT2D eigenvalue weighted by Crippen LogP contribution is 2.33. The molecule has 10 heteroatoms. The molecule has 4 heterocycles.